The summed E-state index contributed by atoms with van der Waals surface area (Å²) in [7, 11) is -4.97. The van der Waals surface area contributed by atoms with Crippen molar-refractivity contribution in [3.8, 4) is 0 Å². The topological polar surface area (TPSA) is 54.4 Å². The molecule has 0 amide bonds. The van der Waals surface area contributed by atoms with E-state index in [-0.39, 0.29) is 7.78 Å². The van der Waals surface area contributed by atoms with Crippen LogP contribution in [0.5, 0.6) is 0 Å². The van der Waals surface area contributed by atoms with Crippen molar-refractivity contribution in [2.24, 2.45) is 0 Å². The van der Waals surface area contributed by atoms with Crippen LogP contribution in [-0.4, -0.2) is 43.8 Å². The molecule has 3 nitrogen and oxygen atoms in total. The Morgan fingerprint density at radius 1 is 0.405 bits per heavy atom. The summed E-state index contributed by atoms with van der Waals surface area (Å²) in [6.07, 6.45) is 43.3. The van der Waals surface area contributed by atoms with Crippen LogP contribution in [0.25, 0.3) is 0 Å². The van der Waals surface area contributed by atoms with Crippen molar-refractivity contribution in [2.45, 2.75) is 202 Å². The van der Waals surface area contributed by atoms with E-state index in [4.69, 9.17) is 4.55 Å². The van der Waals surface area contributed by atoms with Gasteiger partial charge in [-0.2, -0.15) is 8.42 Å². The van der Waals surface area contributed by atoms with E-state index in [0.29, 0.717) is 6.16 Å². The zero-order chi connectivity index (χ0) is 31.6. The van der Waals surface area contributed by atoms with E-state index in [1.807, 2.05) is 0 Å². The summed E-state index contributed by atoms with van der Waals surface area (Å²) in [5.41, 5.74) is 0. The maximum atomic E-state index is 10.5. The first-order valence-electron chi connectivity index (χ1n) is 19.0. The zero-order valence-electron chi connectivity index (χ0n) is 29.6. The fraction of sp³-hybridized carbons (Fsp3) is 1.00. The molecule has 6 heteroatoms. The number of hydrogen-bond acceptors (Lipinski definition) is 2. The molecular weight excluding hydrogens is 574 g/mol. The standard InChI is InChI=1S/C24H53P.C12H27O3PS/c1-5-9-13-14-15-16-17-18-19-20-24-25(21-10-6-2,22-11-7-3)23-12-8-4;1-2-3-4-5-6-7-8-9-10-11-12-16-17(13,14)15/h25H,5-24H2,1-4H3;16H,2-12H2,1H3,(H,13,14,15). The van der Waals surface area contributed by atoms with Crippen LogP contribution in [0.2, 0.25) is 0 Å². The third kappa shape index (κ3) is 35.3. The van der Waals surface area contributed by atoms with Gasteiger partial charge in [-0.05, 0) is 12.6 Å². The van der Waals surface area contributed by atoms with Gasteiger partial charge in [-0.25, -0.2) is 0 Å². The Hall–Kier alpha value is 0.770. The van der Waals surface area contributed by atoms with Gasteiger partial charge < -0.3 is 0 Å². The second kappa shape index (κ2) is 34.6. The fourth-order valence-corrected chi connectivity index (χ4v) is 13.9. The molecule has 1 N–H and O–H groups in total. The molecule has 0 rings (SSSR count). The van der Waals surface area contributed by atoms with Crippen LogP contribution in [0, 0.1) is 0 Å². The minimum absolute atomic E-state index is 0.319. The quantitative estimate of drug-likeness (QED) is 0.0446. The Bertz CT molecular complexity index is 591. The summed E-state index contributed by atoms with van der Waals surface area (Å²) in [5, 5.41) is 0. The SMILES string of the molecule is CCCCCCCCCCCCPS(=O)(=O)O.CCCCCCCCCCCC[PH](CCCC)(CCCC)CCCC. The molecule has 258 valence electrons. The summed E-state index contributed by atoms with van der Waals surface area (Å²) in [6, 6.07) is 0. The van der Waals surface area contributed by atoms with E-state index >= 15 is 0 Å². The Morgan fingerprint density at radius 3 is 0.976 bits per heavy atom. The van der Waals surface area contributed by atoms with E-state index in [9.17, 15) is 8.42 Å². The maximum absolute atomic E-state index is 10.5. The fourth-order valence-electron chi connectivity index (χ4n) is 6.21. The second-order valence-electron chi connectivity index (χ2n) is 13.3. The van der Waals surface area contributed by atoms with E-state index in [1.165, 1.54) is 148 Å². The molecule has 0 aliphatic rings. The molecular formula is C36H80O3P2S. The number of rotatable bonds is 32. The van der Waals surface area contributed by atoms with E-state index in [2.05, 4.69) is 34.6 Å². The third-order valence-electron chi connectivity index (χ3n) is 9.06. The Morgan fingerprint density at radius 2 is 0.667 bits per heavy atom. The Labute approximate surface area is 269 Å². The van der Waals surface area contributed by atoms with Crippen LogP contribution >= 0.6 is 15.0 Å². The molecule has 1 atom stereocenters. The van der Waals surface area contributed by atoms with E-state index < -0.39 is 17.0 Å². The van der Waals surface area contributed by atoms with Crippen LogP contribution in [0.3, 0.4) is 0 Å². The minimum atomic E-state index is -3.71. The van der Waals surface area contributed by atoms with E-state index in [1.54, 1.807) is 31.1 Å². The molecule has 0 radical (unpaired) electrons. The Balaban J connectivity index is 0. The van der Waals surface area contributed by atoms with Gasteiger partial charge in [0, 0.05) is 7.78 Å². The molecule has 0 aliphatic heterocycles. The van der Waals surface area contributed by atoms with E-state index in [0.717, 1.165) is 12.8 Å². The number of unbranched alkanes of at least 4 members (excludes halogenated alkanes) is 21. The summed E-state index contributed by atoms with van der Waals surface area (Å²) < 4.78 is 29.5. The van der Waals surface area contributed by atoms with Gasteiger partial charge in [0.2, 0.25) is 0 Å². The molecule has 1 unspecified atom stereocenters. The van der Waals surface area contributed by atoms with Crippen LogP contribution in [-0.2, 0) is 9.74 Å². The van der Waals surface area contributed by atoms with Crippen LogP contribution in [0.15, 0.2) is 0 Å². The van der Waals surface area contributed by atoms with Gasteiger partial charge in [-0.3, -0.25) is 4.55 Å². The molecule has 0 saturated heterocycles. The molecule has 0 heterocycles. The summed E-state index contributed by atoms with van der Waals surface area (Å²) in [6.45, 7) is 11.7. The predicted molar refractivity (Wildman–Crippen MR) is 201 cm³/mol. The predicted octanol–water partition coefficient (Wildman–Crippen LogP) is 13.4. The van der Waals surface area contributed by atoms with Gasteiger partial charge >= 0.3 is 162 Å². The van der Waals surface area contributed by atoms with Crippen molar-refractivity contribution in [2.75, 3.05) is 30.8 Å². The molecule has 0 aromatic heterocycles. The average Bonchev–Trinajstić information content (AvgIpc) is 2.97. The first-order chi connectivity index (χ1) is 20.3. The normalized spacial score (nSPS) is 12.6. The molecule has 0 bridgehead atoms. The molecule has 0 aliphatic carbocycles. The van der Waals surface area contributed by atoms with Crippen molar-refractivity contribution >= 4 is 24.8 Å². The van der Waals surface area contributed by atoms with Gasteiger partial charge in [0.25, 0.3) is 9.74 Å². The first kappa shape index (κ1) is 44.9. The molecule has 0 spiro atoms. The third-order valence-corrected chi connectivity index (χ3v) is 17.3. The molecule has 0 aromatic rings. The summed E-state index contributed by atoms with van der Waals surface area (Å²) in [4.78, 5) is 0. The van der Waals surface area contributed by atoms with Gasteiger partial charge in [-0.1, -0.05) is 64.7 Å². The monoisotopic (exact) mass is 655 g/mol. The second-order valence-corrected chi connectivity index (χ2v) is 22.4. The van der Waals surface area contributed by atoms with Crippen LogP contribution in [0.4, 0.5) is 0 Å². The molecule has 42 heavy (non-hydrogen) atoms. The molecule has 0 saturated carbocycles. The molecule has 0 fully saturated rings. The van der Waals surface area contributed by atoms with Gasteiger partial charge in [-0.15, -0.1) is 0 Å². The van der Waals surface area contributed by atoms with Crippen molar-refractivity contribution < 1.29 is 13.0 Å². The van der Waals surface area contributed by atoms with Gasteiger partial charge in [0.1, 0.15) is 0 Å². The Kier molecular flexibility index (Phi) is 37.0. The number of hydrogen-bond donors (Lipinski definition) is 1. The summed E-state index contributed by atoms with van der Waals surface area (Å²) in [5.74, 6) is 0. The van der Waals surface area contributed by atoms with Crippen molar-refractivity contribution in [3.05, 3.63) is 0 Å². The van der Waals surface area contributed by atoms with Crippen LogP contribution < -0.4 is 0 Å². The van der Waals surface area contributed by atoms with Gasteiger partial charge in [0.05, 0.1) is 0 Å². The van der Waals surface area contributed by atoms with Gasteiger partial charge in [0.15, 0.2) is 0 Å². The van der Waals surface area contributed by atoms with Crippen LogP contribution in [0.1, 0.15) is 202 Å². The average molecular weight is 655 g/mol. The van der Waals surface area contributed by atoms with Crippen molar-refractivity contribution in [1.29, 1.82) is 0 Å². The first-order valence-corrected chi connectivity index (χ1v) is 25.2. The molecule has 0 aromatic carbocycles. The van der Waals surface area contributed by atoms with Crippen molar-refractivity contribution in [1.82, 2.24) is 0 Å². The van der Waals surface area contributed by atoms with Crippen molar-refractivity contribution in [3.63, 3.8) is 0 Å². The zero-order valence-corrected chi connectivity index (χ0v) is 32.4. The summed E-state index contributed by atoms with van der Waals surface area (Å²) >= 11 is 0.